The van der Waals surface area contributed by atoms with Gasteiger partial charge >= 0.3 is 6.09 Å². The lowest BCUT2D eigenvalue weighted by Gasteiger charge is -2.35. The zero-order valence-electron chi connectivity index (χ0n) is 16.0. The van der Waals surface area contributed by atoms with Crippen LogP contribution in [0.3, 0.4) is 0 Å². The largest absolute Gasteiger partial charge is 0.444 e. The summed E-state index contributed by atoms with van der Waals surface area (Å²) in [6.45, 7) is 5.95. The van der Waals surface area contributed by atoms with Gasteiger partial charge in [-0.1, -0.05) is 30.3 Å². The Kier molecular flexibility index (Phi) is 6.14. The molecule has 1 aliphatic heterocycles. The molecule has 0 unspecified atom stereocenters. The van der Waals surface area contributed by atoms with E-state index in [4.69, 9.17) is 4.74 Å². The van der Waals surface area contributed by atoms with Gasteiger partial charge in [-0.3, -0.25) is 4.90 Å². The quantitative estimate of drug-likeness (QED) is 0.748. The summed E-state index contributed by atoms with van der Waals surface area (Å²) in [7, 11) is 0. The van der Waals surface area contributed by atoms with Crippen LogP contribution in [0.25, 0.3) is 0 Å². The highest BCUT2D eigenvalue weighted by Crippen LogP contribution is 2.35. The molecule has 2 atom stereocenters. The van der Waals surface area contributed by atoms with E-state index in [2.05, 4.69) is 4.98 Å². The van der Waals surface area contributed by atoms with Crippen molar-refractivity contribution in [3.05, 3.63) is 59.9 Å². The van der Waals surface area contributed by atoms with E-state index in [0.29, 0.717) is 12.4 Å². The van der Waals surface area contributed by atoms with Gasteiger partial charge in [0.25, 0.3) is 0 Å². The van der Waals surface area contributed by atoms with Crippen LogP contribution in [0.15, 0.2) is 48.7 Å². The summed E-state index contributed by atoms with van der Waals surface area (Å²) in [5, 5.41) is 12.3. The lowest BCUT2D eigenvalue weighted by Crippen LogP contribution is -2.47. The molecular weight excluding hydrogens is 362 g/mol. The van der Waals surface area contributed by atoms with Gasteiger partial charge in [0.05, 0.1) is 18.0 Å². The van der Waals surface area contributed by atoms with E-state index in [9.17, 15) is 10.0 Å². The lowest BCUT2D eigenvalue weighted by molar-refractivity contribution is -0.152. The van der Waals surface area contributed by atoms with E-state index in [1.807, 2.05) is 69.4 Å². The Balaban J connectivity index is 1.83. The number of hydrogen-bond acceptors (Lipinski definition) is 5. The zero-order chi connectivity index (χ0) is 19.4. The van der Waals surface area contributed by atoms with Gasteiger partial charge in [-0.05, 0) is 38.5 Å². The van der Waals surface area contributed by atoms with Gasteiger partial charge in [-0.2, -0.15) is 5.06 Å². The number of carbonyl (C=O) groups excluding carboxylic acids is 1. The molecule has 2 heterocycles. The highest BCUT2D eigenvalue weighted by Gasteiger charge is 2.41. The van der Waals surface area contributed by atoms with Crippen molar-refractivity contribution in [2.45, 2.75) is 45.0 Å². The maximum Gasteiger partial charge on any atom is 0.411 e. The molecule has 1 aromatic heterocycles. The number of rotatable bonds is 5. The molecule has 2 N–H and O–H groups in total. The number of thioether (sulfide) groups is 1. The van der Waals surface area contributed by atoms with E-state index in [0.717, 1.165) is 17.0 Å². The van der Waals surface area contributed by atoms with Crippen molar-refractivity contribution < 1.29 is 14.7 Å². The summed E-state index contributed by atoms with van der Waals surface area (Å²) in [6.07, 6.45) is 1.49. The number of hydrogen-bond donors (Lipinski definition) is 2. The Hall–Kier alpha value is -1.96. The highest BCUT2D eigenvalue weighted by molar-refractivity contribution is 7.99. The molecule has 3 rings (SSSR count). The smallest absolute Gasteiger partial charge is 0.411 e. The fourth-order valence-corrected chi connectivity index (χ4v) is 4.39. The molecule has 0 bridgehead atoms. The second-order valence-electron chi connectivity index (χ2n) is 7.67. The van der Waals surface area contributed by atoms with Gasteiger partial charge in [0.1, 0.15) is 5.60 Å². The monoisotopic (exact) mass is 389 g/mol. The zero-order valence-corrected chi connectivity index (χ0v) is 16.8. The van der Waals surface area contributed by atoms with E-state index >= 15 is 0 Å². The second-order valence-corrected chi connectivity index (χ2v) is 8.67. The van der Waals surface area contributed by atoms with Crippen molar-refractivity contribution in [3.63, 3.8) is 0 Å². The fourth-order valence-electron chi connectivity index (χ4n) is 3.19. The molecule has 0 spiro atoms. The minimum absolute atomic E-state index is 0.197. The SMILES string of the molecule is CC(C)(C)OC(=O)N1CSC[C@@H]1[C@H](c1ccc[nH]1)N(O)Cc1ccccc1. The maximum atomic E-state index is 12.7. The van der Waals surface area contributed by atoms with Gasteiger partial charge in [0.2, 0.25) is 0 Å². The third kappa shape index (κ3) is 5.06. The molecule has 146 valence electrons. The van der Waals surface area contributed by atoms with Gasteiger partial charge in [-0.15, -0.1) is 11.8 Å². The van der Waals surface area contributed by atoms with Crippen LogP contribution in [0, 0.1) is 0 Å². The number of nitrogens with one attached hydrogen (secondary N) is 1. The summed E-state index contributed by atoms with van der Waals surface area (Å²) >= 11 is 1.67. The lowest BCUT2D eigenvalue weighted by atomic mass is 10.0. The molecule has 0 radical (unpaired) electrons. The molecule has 2 aromatic rings. The molecule has 7 heteroatoms. The first kappa shape index (κ1) is 19.8. The number of aromatic nitrogens is 1. The van der Waals surface area contributed by atoms with Crippen LogP contribution in [-0.2, 0) is 11.3 Å². The first-order chi connectivity index (χ1) is 12.8. The average Bonchev–Trinajstić information content (AvgIpc) is 3.27. The minimum Gasteiger partial charge on any atom is -0.444 e. The second kappa shape index (κ2) is 8.37. The van der Waals surface area contributed by atoms with Crippen LogP contribution < -0.4 is 0 Å². The first-order valence-electron chi connectivity index (χ1n) is 9.05. The van der Waals surface area contributed by atoms with E-state index in [1.54, 1.807) is 16.7 Å². The first-order valence-corrected chi connectivity index (χ1v) is 10.2. The molecule has 0 saturated carbocycles. The maximum absolute atomic E-state index is 12.7. The molecular formula is C20H27N3O3S. The van der Waals surface area contributed by atoms with Crippen molar-refractivity contribution in [3.8, 4) is 0 Å². The van der Waals surface area contributed by atoms with E-state index in [1.165, 1.54) is 5.06 Å². The average molecular weight is 390 g/mol. The van der Waals surface area contributed by atoms with Crippen LogP contribution in [0.4, 0.5) is 4.79 Å². The summed E-state index contributed by atoms with van der Waals surface area (Å²) in [5.74, 6) is 1.28. The van der Waals surface area contributed by atoms with Crippen LogP contribution in [0.5, 0.6) is 0 Å². The Bertz CT molecular complexity index is 731. The standard InChI is InChI=1S/C20H27N3O3S/c1-20(2,3)26-19(24)22-14-27-13-17(22)18(16-10-7-11-21-16)23(25)12-15-8-5-4-6-9-15/h4-11,17-18,21,25H,12-14H2,1-3H3/t17-,18+/m1/s1. The summed E-state index contributed by atoms with van der Waals surface area (Å²) < 4.78 is 5.58. The number of carbonyl (C=O) groups is 1. The predicted molar refractivity (Wildman–Crippen MR) is 106 cm³/mol. The normalized spacial score (nSPS) is 18.7. The van der Waals surface area contributed by atoms with Crippen molar-refractivity contribution >= 4 is 17.9 Å². The van der Waals surface area contributed by atoms with Gasteiger partial charge in [0, 0.05) is 24.2 Å². The Morgan fingerprint density at radius 3 is 2.70 bits per heavy atom. The van der Waals surface area contributed by atoms with Crippen LogP contribution in [-0.4, -0.2) is 49.5 Å². The number of amides is 1. The number of aromatic amines is 1. The van der Waals surface area contributed by atoms with E-state index < -0.39 is 5.60 Å². The van der Waals surface area contributed by atoms with Crippen LogP contribution >= 0.6 is 11.8 Å². The molecule has 1 amide bonds. The molecule has 1 aromatic carbocycles. The Morgan fingerprint density at radius 1 is 1.33 bits per heavy atom. The van der Waals surface area contributed by atoms with Crippen molar-refractivity contribution in [1.82, 2.24) is 14.9 Å². The number of benzene rings is 1. The van der Waals surface area contributed by atoms with Gasteiger partial charge in [-0.25, -0.2) is 4.79 Å². The summed E-state index contributed by atoms with van der Waals surface area (Å²) in [4.78, 5) is 17.6. The molecule has 6 nitrogen and oxygen atoms in total. The Labute approximate surface area is 164 Å². The number of nitrogens with zero attached hydrogens (tertiary/aromatic N) is 2. The van der Waals surface area contributed by atoms with Crippen LogP contribution in [0.2, 0.25) is 0 Å². The van der Waals surface area contributed by atoms with Crippen molar-refractivity contribution in [2.24, 2.45) is 0 Å². The van der Waals surface area contributed by atoms with Crippen molar-refractivity contribution in [1.29, 1.82) is 0 Å². The molecule has 0 aliphatic carbocycles. The van der Waals surface area contributed by atoms with Gasteiger partial charge in [0.15, 0.2) is 0 Å². The Morgan fingerprint density at radius 2 is 2.07 bits per heavy atom. The number of H-pyrrole nitrogens is 1. The topological polar surface area (TPSA) is 68.8 Å². The highest BCUT2D eigenvalue weighted by atomic mass is 32.2. The molecule has 27 heavy (non-hydrogen) atoms. The third-order valence-electron chi connectivity index (χ3n) is 4.36. The molecule has 1 aliphatic rings. The predicted octanol–water partition coefficient (Wildman–Crippen LogP) is 4.26. The van der Waals surface area contributed by atoms with Crippen LogP contribution in [0.1, 0.15) is 38.1 Å². The molecule has 1 fully saturated rings. The summed E-state index contributed by atoms with van der Waals surface area (Å²) in [5.41, 5.74) is 1.32. The summed E-state index contributed by atoms with van der Waals surface area (Å²) in [6, 6.07) is 13.1. The molecule has 1 saturated heterocycles. The number of hydroxylamine groups is 2. The van der Waals surface area contributed by atoms with Gasteiger partial charge < -0.3 is 14.9 Å². The van der Waals surface area contributed by atoms with E-state index in [-0.39, 0.29) is 18.2 Å². The third-order valence-corrected chi connectivity index (χ3v) is 5.40. The fraction of sp³-hybridized carbons (Fsp3) is 0.450. The number of ether oxygens (including phenoxy) is 1. The van der Waals surface area contributed by atoms with Crippen molar-refractivity contribution in [2.75, 3.05) is 11.6 Å². The minimum atomic E-state index is -0.556.